The summed E-state index contributed by atoms with van der Waals surface area (Å²) in [5.41, 5.74) is 1.04. The Morgan fingerprint density at radius 2 is 1.76 bits per heavy atom. The SMILES string of the molecule is C[C@@H](Nc1ncnc2c(OCC3(C(=O)O)CCNCC3)cc(-c3ccc(F)cc3)cc12)c1cnc(C(F)(F)F)nc1. The van der Waals surface area contributed by atoms with Crippen molar-refractivity contribution in [2.45, 2.75) is 32.0 Å². The largest absolute Gasteiger partial charge is 0.490 e. The van der Waals surface area contributed by atoms with Crippen molar-refractivity contribution < 1.29 is 32.2 Å². The summed E-state index contributed by atoms with van der Waals surface area (Å²) in [6.07, 6.45) is -0.362. The fourth-order valence-corrected chi connectivity index (χ4v) is 4.71. The number of carboxylic acid groups (broad SMARTS) is 1. The van der Waals surface area contributed by atoms with Crippen molar-refractivity contribution in [2.75, 3.05) is 25.0 Å². The third-order valence-corrected chi connectivity index (χ3v) is 7.18. The van der Waals surface area contributed by atoms with Gasteiger partial charge in [0.1, 0.15) is 41.3 Å². The molecule has 0 spiro atoms. The number of fused-ring (bicyclic) bond motifs is 1. The first-order valence-corrected chi connectivity index (χ1v) is 12.8. The molecule has 1 aliphatic rings. The molecule has 3 heterocycles. The molecule has 5 rings (SSSR count). The number of aliphatic carboxylic acids is 1. The van der Waals surface area contributed by atoms with Gasteiger partial charge < -0.3 is 20.5 Å². The molecule has 3 N–H and O–H groups in total. The smallest absolute Gasteiger partial charge is 0.451 e. The summed E-state index contributed by atoms with van der Waals surface area (Å²) in [5, 5.41) is 16.9. The summed E-state index contributed by atoms with van der Waals surface area (Å²) in [5.74, 6) is -1.91. The molecule has 1 saturated heterocycles. The van der Waals surface area contributed by atoms with Crippen molar-refractivity contribution in [3.8, 4) is 16.9 Å². The van der Waals surface area contributed by atoms with Gasteiger partial charge in [-0.3, -0.25) is 4.79 Å². The maximum atomic E-state index is 13.7. The van der Waals surface area contributed by atoms with Gasteiger partial charge in [0, 0.05) is 23.3 Å². The van der Waals surface area contributed by atoms with Gasteiger partial charge in [-0.05, 0) is 68.2 Å². The van der Waals surface area contributed by atoms with Crippen LogP contribution < -0.4 is 15.4 Å². The van der Waals surface area contributed by atoms with E-state index >= 15 is 0 Å². The number of aromatic nitrogens is 4. The molecule has 0 saturated carbocycles. The van der Waals surface area contributed by atoms with Crippen molar-refractivity contribution in [1.29, 1.82) is 0 Å². The topological polar surface area (TPSA) is 122 Å². The molecule has 2 aromatic heterocycles. The molecule has 1 atom stereocenters. The Labute approximate surface area is 232 Å². The van der Waals surface area contributed by atoms with Gasteiger partial charge in [-0.15, -0.1) is 0 Å². The van der Waals surface area contributed by atoms with Crippen LogP contribution in [0.2, 0.25) is 0 Å². The number of nitrogens with zero attached hydrogens (tertiary/aromatic N) is 4. The number of anilines is 1. The number of carbonyl (C=O) groups is 1. The molecule has 13 heteroatoms. The lowest BCUT2D eigenvalue weighted by molar-refractivity contribution is -0.152. The van der Waals surface area contributed by atoms with Crippen LogP contribution in [0.5, 0.6) is 5.75 Å². The van der Waals surface area contributed by atoms with Crippen LogP contribution in [0.4, 0.5) is 23.4 Å². The Hall–Kier alpha value is -4.39. The first kappa shape index (κ1) is 28.1. The van der Waals surface area contributed by atoms with Gasteiger partial charge in [-0.25, -0.2) is 24.3 Å². The Morgan fingerprint density at radius 3 is 2.39 bits per heavy atom. The highest BCUT2D eigenvalue weighted by Gasteiger charge is 2.41. The van der Waals surface area contributed by atoms with Crippen LogP contribution in [0.25, 0.3) is 22.0 Å². The number of piperidine rings is 1. The van der Waals surface area contributed by atoms with Crippen LogP contribution in [-0.4, -0.2) is 50.7 Å². The van der Waals surface area contributed by atoms with E-state index in [1.807, 2.05) is 0 Å². The number of hydrogen-bond acceptors (Lipinski definition) is 8. The number of rotatable bonds is 8. The van der Waals surface area contributed by atoms with E-state index in [4.69, 9.17) is 4.74 Å². The molecule has 0 bridgehead atoms. The minimum absolute atomic E-state index is 0.0853. The lowest BCUT2D eigenvalue weighted by Crippen LogP contribution is -2.46. The van der Waals surface area contributed by atoms with Crippen LogP contribution in [-0.2, 0) is 11.0 Å². The first-order chi connectivity index (χ1) is 19.6. The summed E-state index contributed by atoms with van der Waals surface area (Å²) in [7, 11) is 0. The number of halogens is 4. The standard InChI is InChI=1S/C28H26F4N6O3/c1-16(19-12-34-25(35-13-19)28(30,31)32)38-24-21-10-18(17-2-4-20(29)5-3-17)11-22(23(21)36-15-37-24)41-14-27(26(39)40)6-8-33-9-7-27/h2-5,10-13,15-16,33H,6-9,14H2,1H3,(H,39,40)(H,36,37,38)/t16-/m1/s1. The molecular formula is C28H26F4N6O3. The van der Waals surface area contributed by atoms with Gasteiger partial charge >= 0.3 is 12.1 Å². The van der Waals surface area contributed by atoms with Gasteiger partial charge in [0.15, 0.2) is 0 Å². The van der Waals surface area contributed by atoms with Crippen molar-refractivity contribution in [1.82, 2.24) is 25.3 Å². The second-order valence-corrected chi connectivity index (χ2v) is 9.93. The number of benzene rings is 2. The van der Waals surface area contributed by atoms with Gasteiger partial charge in [0.2, 0.25) is 5.82 Å². The van der Waals surface area contributed by atoms with E-state index in [-0.39, 0.29) is 6.61 Å². The molecule has 1 aliphatic heterocycles. The van der Waals surface area contributed by atoms with E-state index in [0.29, 0.717) is 65.1 Å². The van der Waals surface area contributed by atoms with E-state index in [0.717, 1.165) is 12.4 Å². The maximum absolute atomic E-state index is 13.7. The summed E-state index contributed by atoms with van der Waals surface area (Å²) >= 11 is 0. The average molecular weight is 571 g/mol. The fourth-order valence-electron chi connectivity index (χ4n) is 4.71. The minimum Gasteiger partial charge on any atom is -0.490 e. The highest BCUT2D eigenvalue weighted by atomic mass is 19.4. The zero-order chi connectivity index (χ0) is 29.2. The summed E-state index contributed by atoms with van der Waals surface area (Å²) in [6, 6.07) is 8.81. The molecule has 1 fully saturated rings. The van der Waals surface area contributed by atoms with E-state index in [2.05, 4.69) is 30.6 Å². The number of ether oxygens (including phenoxy) is 1. The predicted molar refractivity (Wildman–Crippen MR) is 142 cm³/mol. The Balaban J connectivity index is 1.53. The normalized spacial score (nSPS) is 15.8. The van der Waals surface area contributed by atoms with Gasteiger partial charge in [0.25, 0.3) is 0 Å². The van der Waals surface area contributed by atoms with Crippen molar-refractivity contribution >= 4 is 22.7 Å². The molecule has 0 unspecified atom stereocenters. The van der Waals surface area contributed by atoms with E-state index < -0.39 is 35.2 Å². The summed E-state index contributed by atoms with van der Waals surface area (Å²) in [4.78, 5) is 27.8. The molecule has 41 heavy (non-hydrogen) atoms. The second kappa shape index (κ2) is 11.2. The van der Waals surface area contributed by atoms with Crippen LogP contribution in [0.3, 0.4) is 0 Å². The minimum atomic E-state index is -4.65. The highest BCUT2D eigenvalue weighted by molar-refractivity contribution is 5.96. The third-order valence-electron chi connectivity index (χ3n) is 7.18. The predicted octanol–water partition coefficient (Wildman–Crippen LogP) is 5.25. The molecular weight excluding hydrogens is 544 g/mol. The Morgan fingerprint density at radius 1 is 1.07 bits per heavy atom. The Kier molecular flexibility index (Phi) is 7.72. The number of alkyl halides is 3. The van der Waals surface area contributed by atoms with Crippen molar-refractivity contribution in [2.24, 2.45) is 5.41 Å². The quantitative estimate of drug-likeness (QED) is 0.244. The monoisotopic (exact) mass is 570 g/mol. The van der Waals surface area contributed by atoms with Crippen molar-refractivity contribution in [3.05, 3.63) is 72.3 Å². The van der Waals surface area contributed by atoms with Gasteiger partial charge in [0.05, 0.1) is 6.04 Å². The van der Waals surface area contributed by atoms with Crippen molar-refractivity contribution in [3.63, 3.8) is 0 Å². The molecule has 0 amide bonds. The number of hydrogen-bond donors (Lipinski definition) is 3. The molecule has 0 aliphatic carbocycles. The average Bonchev–Trinajstić information content (AvgIpc) is 2.96. The van der Waals surface area contributed by atoms with Crippen LogP contribution in [0.15, 0.2) is 55.1 Å². The summed E-state index contributed by atoms with van der Waals surface area (Å²) in [6.45, 7) is 2.73. The highest BCUT2D eigenvalue weighted by Crippen LogP contribution is 2.37. The summed E-state index contributed by atoms with van der Waals surface area (Å²) < 4.78 is 58.5. The van der Waals surface area contributed by atoms with E-state index in [1.165, 1.54) is 18.5 Å². The third kappa shape index (κ3) is 6.04. The molecule has 9 nitrogen and oxygen atoms in total. The zero-order valence-electron chi connectivity index (χ0n) is 21.9. The number of nitrogens with one attached hydrogen (secondary N) is 2. The fraction of sp³-hybridized carbons (Fsp3) is 0.321. The molecule has 0 radical (unpaired) electrons. The van der Waals surface area contributed by atoms with E-state index in [9.17, 15) is 27.5 Å². The second-order valence-electron chi connectivity index (χ2n) is 9.93. The zero-order valence-corrected chi connectivity index (χ0v) is 21.9. The van der Waals surface area contributed by atoms with Gasteiger partial charge in [-0.1, -0.05) is 12.1 Å². The molecule has 4 aromatic rings. The van der Waals surface area contributed by atoms with Gasteiger partial charge in [-0.2, -0.15) is 13.2 Å². The molecule has 2 aromatic carbocycles. The maximum Gasteiger partial charge on any atom is 0.451 e. The van der Waals surface area contributed by atoms with Crippen LogP contribution in [0.1, 0.15) is 37.2 Å². The Bertz CT molecular complexity index is 1540. The van der Waals surface area contributed by atoms with E-state index in [1.54, 1.807) is 31.2 Å². The number of carboxylic acids is 1. The molecule has 214 valence electrons. The lowest BCUT2D eigenvalue weighted by atomic mass is 9.80. The van der Waals surface area contributed by atoms with Crippen LogP contribution >= 0.6 is 0 Å². The van der Waals surface area contributed by atoms with Crippen LogP contribution in [0, 0.1) is 11.2 Å². The lowest BCUT2D eigenvalue weighted by Gasteiger charge is -2.33. The first-order valence-electron chi connectivity index (χ1n) is 12.8.